The topological polar surface area (TPSA) is 65.0 Å². The third-order valence-electron chi connectivity index (χ3n) is 8.37. The number of hydrogen-bond acceptors (Lipinski definition) is 5. The number of carbonyl (C=O) groups is 1. The van der Waals surface area contributed by atoms with Crippen molar-refractivity contribution in [3.8, 4) is 0 Å². The van der Waals surface area contributed by atoms with Crippen molar-refractivity contribution in [2.45, 2.75) is 64.1 Å². The van der Waals surface area contributed by atoms with Crippen molar-refractivity contribution in [3.05, 3.63) is 22.8 Å². The Balaban J connectivity index is 1.39. The van der Waals surface area contributed by atoms with E-state index in [4.69, 9.17) is 19.3 Å². The Morgan fingerprint density at radius 3 is 2.86 bits per heavy atom. The molecule has 28 heavy (non-hydrogen) atoms. The second-order valence-electron chi connectivity index (χ2n) is 9.56. The summed E-state index contributed by atoms with van der Waals surface area (Å²) in [5, 5.41) is 8.89. The van der Waals surface area contributed by atoms with Gasteiger partial charge in [0.15, 0.2) is 11.6 Å². The standard InChI is InChI=1S/C23H32O5/c1-22-8-6-17-16-7-9-23(27-10-11-28-23)12-15(16)2-3-18(17)19(22)4-5-20(22)21(25)13-26-14-24/h6,18-20,24H,2-5,7-14H2,1H3/t18-,19+,20-,22+/m1/s1. The molecule has 0 bridgehead atoms. The summed E-state index contributed by atoms with van der Waals surface area (Å²) in [6.45, 7) is 3.44. The summed E-state index contributed by atoms with van der Waals surface area (Å²) in [5.74, 6) is 1.06. The van der Waals surface area contributed by atoms with E-state index in [-0.39, 0.29) is 36.3 Å². The van der Waals surface area contributed by atoms with Crippen LogP contribution in [-0.4, -0.2) is 43.3 Å². The molecule has 0 aromatic carbocycles. The van der Waals surface area contributed by atoms with Gasteiger partial charge >= 0.3 is 0 Å². The molecule has 5 rings (SSSR count). The maximum Gasteiger partial charge on any atom is 0.172 e. The van der Waals surface area contributed by atoms with E-state index in [0.29, 0.717) is 11.8 Å². The Hall–Kier alpha value is -1.01. The van der Waals surface area contributed by atoms with E-state index < -0.39 is 0 Å². The quantitative estimate of drug-likeness (QED) is 0.747. The molecular weight excluding hydrogens is 356 g/mol. The van der Waals surface area contributed by atoms with Crippen LogP contribution >= 0.6 is 0 Å². The van der Waals surface area contributed by atoms with Crippen LogP contribution < -0.4 is 0 Å². The van der Waals surface area contributed by atoms with Crippen LogP contribution in [0.25, 0.3) is 0 Å². The van der Waals surface area contributed by atoms with Crippen molar-refractivity contribution in [2.24, 2.45) is 23.2 Å². The third-order valence-corrected chi connectivity index (χ3v) is 8.37. The van der Waals surface area contributed by atoms with E-state index in [9.17, 15) is 4.79 Å². The monoisotopic (exact) mass is 388 g/mol. The van der Waals surface area contributed by atoms with Crippen LogP contribution in [-0.2, 0) is 19.0 Å². The Kier molecular flexibility index (Phi) is 4.78. The van der Waals surface area contributed by atoms with Crippen LogP contribution in [0.15, 0.2) is 22.8 Å². The Morgan fingerprint density at radius 2 is 2.07 bits per heavy atom. The number of allylic oxidation sites excluding steroid dienone is 3. The maximum absolute atomic E-state index is 12.7. The van der Waals surface area contributed by atoms with Gasteiger partial charge in [0.05, 0.1) is 13.2 Å². The molecule has 1 aliphatic heterocycles. The zero-order chi connectivity index (χ0) is 19.4. The minimum atomic E-state index is -0.378. The van der Waals surface area contributed by atoms with Crippen molar-refractivity contribution in [1.29, 1.82) is 0 Å². The summed E-state index contributed by atoms with van der Waals surface area (Å²) in [5.41, 5.74) is 4.76. The summed E-state index contributed by atoms with van der Waals surface area (Å²) in [6.07, 6.45) is 10.8. The lowest BCUT2D eigenvalue weighted by molar-refractivity contribution is -0.164. The molecule has 154 valence electrons. The molecule has 0 radical (unpaired) electrons. The van der Waals surface area contributed by atoms with E-state index in [0.717, 1.165) is 58.2 Å². The lowest BCUT2D eigenvalue weighted by Crippen LogP contribution is -2.43. The van der Waals surface area contributed by atoms with Gasteiger partial charge in [0.1, 0.15) is 13.4 Å². The highest BCUT2D eigenvalue weighted by Gasteiger charge is 2.55. The van der Waals surface area contributed by atoms with Gasteiger partial charge in [-0.2, -0.15) is 0 Å². The molecule has 5 aliphatic rings. The van der Waals surface area contributed by atoms with Crippen molar-refractivity contribution >= 4 is 5.78 Å². The first-order valence-corrected chi connectivity index (χ1v) is 11.0. The first-order chi connectivity index (χ1) is 13.6. The minimum Gasteiger partial charge on any atom is -0.371 e. The Bertz CT molecular complexity index is 717. The lowest BCUT2D eigenvalue weighted by atomic mass is 9.57. The van der Waals surface area contributed by atoms with E-state index in [1.165, 1.54) is 6.42 Å². The first-order valence-electron chi connectivity index (χ1n) is 11.0. The molecule has 1 spiro atoms. The van der Waals surface area contributed by atoms with Crippen LogP contribution in [0.5, 0.6) is 0 Å². The molecular formula is C23H32O5. The summed E-state index contributed by atoms with van der Waals surface area (Å²) in [7, 11) is 0. The number of hydrogen-bond donors (Lipinski definition) is 1. The first kappa shape index (κ1) is 19.0. The molecule has 0 amide bonds. The molecule has 1 N–H and O–H groups in total. The molecule has 1 saturated heterocycles. The highest BCUT2D eigenvalue weighted by atomic mass is 16.7. The molecule has 0 aromatic rings. The fourth-order valence-electron chi connectivity index (χ4n) is 7.07. The van der Waals surface area contributed by atoms with Crippen molar-refractivity contribution < 1.29 is 24.1 Å². The fourth-order valence-corrected chi connectivity index (χ4v) is 7.07. The highest BCUT2D eigenvalue weighted by molar-refractivity contribution is 5.83. The normalized spacial score (nSPS) is 38.8. The summed E-state index contributed by atoms with van der Waals surface area (Å²) in [4.78, 5) is 12.7. The maximum atomic E-state index is 12.7. The van der Waals surface area contributed by atoms with Gasteiger partial charge in [-0.05, 0) is 66.9 Å². The van der Waals surface area contributed by atoms with Crippen LogP contribution in [0.4, 0.5) is 0 Å². The van der Waals surface area contributed by atoms with E-state index in [2.05, 4.69) is 13.0 Å². The Morgan fingerprint density at radius 1 is 1.25 bits per heavy atom. The van der Waals surface area contributed by atoms with Crippen LogP contribution in [0.2, 0.25) is 0 Å². The molecule has 4 aliphatic carbocycles. The van der Waals surface area contributed by atoms with Crippen molar-refractivity contribution in [2.75, 3.05) is 26.6 Å². The van der Waals surface area contributed by atoms with Gasteiger partial charge in [-0.3, -0.25) is 4.79 Å². The van der Waals surface area contributed by atoms with Crippen molar-refractivity contribution in [3.63, 3.8) is 0 Å². The number of ether oxygens (including phenoxy) is 3. The molecule has 1 saturated carbocycles. The number of rotatable bonds is 4. The predicted octanol–water partition coefficient (Wildman–Crippen LogP) is 3.52. The van der Waals surface area contributed by atoms with Gasteiger partial charge in [-0.25, -0.2) is 0 Å². The molecule has 5 nitrogen and oxygen atoms in total. The second kappa shape index (κ2) is 7.05. The number of Topliss-reactive ketones (excluding diaryl/α,β-unsaturated/α-hetero) is 1. The summed E-state index contributed by atoms with van der Waals surface area (Å²) >= 11 is 0. The van der Waals surface area contributed by atoms with Gasteiger partial charge in [0.25, 0.3) is 0 Å². The molecule has 5 heteroatoms. The van der Waals surface area contributed by atoms with Crippen LogP contribution in [0.3, 0.4) is 0 Å². The number of carbonyl (C=O) groups excluding carboxylic acids is 1. The van der Waals surface area contributed by atoms with E-state index in [1.54, 1.807) is 16.7 Å². The van der Waals surface area contributed by atoms with Gasteiger partial charge in [0, 0.05) is 18.8 Å². The lowest BCUT2D eigenvalue weighted by Gasteiger charge is -2.48. The molecule has 1 heterocycles. The Labute approximate surface area is 167 Å². The van der Waals surface area contributed by atoms with Gasteiger partial charge < -0.3 is 19.3 Å². The van der Waals surface area contributed by atoms with Crippen LogP contribution in [0, 0.1) is 23.2 Å². The number of aliphatic hydroxyl groups is 1. The van der Waals surface area contributed by atoms with E-state index >= 15 is 0 Å². The van der Waals surface area contributed by atoms with Crippen LogP contribution in [0.1, 0.15) is 58.3 Å². The number of ketones is 1. The zero-order valence-corrected chi connectivity index (χ0v) is 16.9. The number of fused-ring (bicyclic) bond motifs is 4. The third kappa shape index (κ3) is 2.85. The van der Waals surface area contributed by atoms with Gasteiger partial charge in [-0.1, -0.05) is 18.6 Å². The average molecular weight is 389 g/mol. The summed E-state index contributed by atoms with van der Waals surface area (Å²) in [6, 6.07) is 0. The smallest absolute Gasteiger partial charge is 0.172 e. The predicted molar refractivity (Wildman–Crippen MR) is 103 cm³/mol. The molecule has 2 fully saturated rings. The highest BCUT2D eigenvalue weighted by Crippen LogP contribution is 2.61. The summed E-state index contributed by atoms with van der Waals surface area (Å²) < 4.78 is 17.0. The van der Waals surface area contributed by atoms with Gasteiger partial charge in [-0.15, -0.1) is 0 Å². The largest absolute Gasteiger partial charge is 0.371 e. The SMILES string of the molecule is C[C@]12CC=C3C4=C(CC[C@H]3[C@@H]1CC[C@@H]2C(=O)COCO)CC1(CC4)OCCO1. The van der Waals surface area contributed by atoms with Gasteiger partial charge in [0.2, 0.25) is 0 Å². The molecule has 4 atom stereocenters. The number of aliphatic hydroxyl groups excluding tert-OH is 1. The van der Waals surface area contributed by atoms with E-state index in [1.807, 2.05) is 0 Å². The zero-order valence-electron chi connectivity index (χ0n) is 16.9. The molecule has 0 unspecified atom stereocenters. The minimum absolute atomic E-state index is 0.0374. The fraction of sp³-hybridized carbons (Fsp3) is 0.783. The second-order valence-corrected chi connectivity index (χ2v) is 9.56. The van der Waals surface area contributed by atoms with Crippen molar-refractivity contribution in [1.82, 2.24) is 0 Å². The average Bonchev–Trinajstić information content (AvgIpc) is 3.29. The molecule has 0 aromatic heterocycles.